The van der Waals surface area contributed by atoms with Crippen LogP contribution in [0.1, 0.15) is 37.3 Å². The van der Waals surface area contributed by atoms with E-state index in [1.165, 1.54) is 11.3 Å². The fourth-order valence-corrected chi connectivity index (χ4v) is 3.25. The molecule has 2 aromatic rings. The van der Waals surface area contributed by atoms with Crippen LogP contribution in [0.5, 0.6) is 0 Å². The maximum absolute atomic E-state index is 12.5. The van der Waals surface area contributed by atoms with Crippen LogP contribution < -0.4 is 5.32 Å². The minimum Gasteiger partial charge on any atom is -0.464 e. The summed E-state index contributed by atoms with van der Waals surface area (Å²) >= 11 is 1.42. The standard InChI is InChI=1S/C15H19N3O2S/c1-10-5-7-18(15(19)17-14-16-6-8-21-14)12(9-10)13-4-3-11(2)20-13/h3-4,6,8,10,12H,5,7,9H2,1-2H3,(H,16,17,19)/t10-,12-/m1/s1. The van der Waals surface area contributed by atoms with Gasteiger partial charge in [0.15, 0.2) is 5.13 Å². The number of furan rings is 1. The molecule has 0 radical (unpaired) electrons. The molecule has 0 bridgehead atoms. The highest BCUT2D eigenvalue weighted by atomic mass is 32.1. The van der Waals surface area contributed by atoms with Crippen LogP contribution in [-0.4, -0.2) is 22.5 Å². The molecular formula is C15H19N3O2S. The number of amides is 2. The Morgan fingerprint density at radius 3 is 3.05 bits per heavy atom. The Bertz CT molecular complexity index is 608. The zero-order valence-electron chi connectivity index (χ0n) is 12.2. The van der Waals surface area contributed by atoms with Crippen molar-refractivity contribution in [1.29, 1.82) is 0 Å². The molecule has 0 unspecified atom stereocenters. The van der Waals surface area contributed by atoms with Crippen LogP contribution in [0, 0.1) is 12.8 Å². The number of carbonyl (C=O) groups is 1. The van der Waals surface area contributed by atoms with Gasteiger partial charge in [0.1, 0.15) is 11.5 Å². The molecule has 3 rings (SSSR count). The molecule has 2 atom stereocenters. The average Bonchev–Trinajstić information content (AvgIpc) is 3.10. The maximum atomic E-state index is 12.5. The smallest absolute Gasteiger partial charge is 0.324 e. The Hall–Kier alpha value is -1.82. The summed E-state index contributed by atoms with van der Waals surface area (Å²) in [6, 6.07) is 3.83. The van der Waals surface area contributed by atoms with Crippen LogP contribution in [0.2, 0.25) is 0 Å². The number of anilines is 1. The van der Waals surface area contributed by atoms with Crippen molar-refractivity contribution in [3.05, 3.63) is 35.2 Å². The number of hydrogen-bond acceptors (Lipinski definition) is 4. The van der Waals surface area contributed by atoms with Gasteiger partial charge in [-0.15, -0.1) is 11.3 Å². The summed E-state index contributed by atoms with van der Waals surface area (Å²) in [7, 11) is 0. The van der Waals surface area contributed by atoms with Crippen molar-refractivity contribution in [2.45, 2.75) is 32.7 Å². The van der Waals surface area contributed by atoms with Crippen LogP contribution >= 0.6 is 11.3 Å². The molecule has 21 heavy (non-hydrogen) atoms. The van der Waals surface area contributed by atoms with E-state index >= 15 is 0 Å². The predicted molar refractivity (Wildman–Crippen MR) is 82.4 cm³/mol. The highest BCUT2D eigenvalue weighted by Crippen LogP contribution is 2.35. The van der Waals surface area contributed by atoms with Crippen molar-refractivity contribution in [3.8, 4) is 0 Å². The van der Waals surface area contributed by atoms with E-state index < -0.39 is 0 Å². The normalized spacial score (nSPS) is 22.3. The molecule has 2 amide bonds. The molecule has 1 aliphatic rings. The van der Waals surface area contributed by atoms with E-state index in [9.17, 15) is 4.79 Å². The lowest BCUT2D eigenvalue weighted by atomic mass is 9.91. The summed E-state index contributed by atoms with van der Waals surface area (Å²) in [5.41, 5.74) is 0. The first-order chi connectivity index (χ1) is 10.1. The first-order valence-corrected chi connectivity index (χ1v) is 8.05. The number of urea groups is 1. The molecule has 1 aliphatic heterocycles. The van der Waals surface area contributed by atoms with E-state index in [4.69, 9.17) is 4.42 Å². The average molecular weight is 305 g/mol. The first-order valence-electron chi connectivity index (χ1n) is 7.17. The van der Waals surface area contributed by atoms with E-state index in [1.807, 2.05) is 29.3 Å². The number of thiazole rings is 1. The number of rotatable bonds is 2. The molecule has 6 heteroatoms. The van der Waals surface area contributed by atoms with Crippen LogP contribution in [0.3, 0.4) is 0 Å². The quantitative estimate of drug-likeness (QED) is 0.910. The van der Waals surface area contributed by atoms with Crippen LogP contribution in [0.25, 0.3) is 0 Å². The number of aromatic nitrogens is 1. The summed E-state index contributed by atoms with van der Waals surface area (Å²) in [6.07, 6.45) is 3.63. The highest BCUT2D eigenvalue weighted by Gasteiger charge is 2.33. The van der Waals surface area contributed by atoms with Crippen LogP contribution in [0.15, 0.2) is 28.1 Å². The first kappa shape index (κ1) is 14.1. The van der Waals surface area contributed by atoms with Gasteiger partial charge in [0.2, 0.25) is 0 Å². The highest BCUT2D eigenvalue weighted by molar-refractivity contribution is 7.13. The third-order valence-electron chi connectivity index (χ3n) is 3.86. The Morgan fingerprint density at radius 1 is 1.52 bits per heavy atom. The fraction of sp³-hybridized carbons (Fsp3) is 0.467. The van der Waals surface area contributed by atoms with Gasteiger partial charge in [-0.2, -0.15) is 0 Å². The number of likely N-dealkylation sites (tertiary alicyclic amines) is 1. The van der Waals surface area contributed by atoms with Crippen LogP contribution in [-0.2, 0) is 0 Å². The molecule has 5 nitrogen and oxygen atoms in total. The number of nitrogens with zero attached hydrogens (tertiary/aromatic N) is 2. The van der Waals surface area contributed by atoms with E-state index in [0.717, 1.165) is 30.9 Å². The molecule has 1 N–H and O–H groups in total. The minimum atomic E-state index is -0.101. The number of piperidine rings is 1. The van der Waals surface area contributed by atoms with Crippen molar-refractivity contribution in [2.24, 2.45) is 5.92 Å². The predicted octanol–water partition coefficient (Wildman–Crippen LogP) is 4.05. The summed E-state index contributed by atoms with van der Waals surface area (Å²) in [5, 5.41) is 5.35. The van der Waals surface area contributed by atoms with E-state index in [0.29, 0.717) is 11.0 Å². The van der Waals surface area contributed by atoms with Crippen LogP contribution in [0.4, 0.5) is 9.93 Å². The lowest BCUT2D eigenvalue weighted by Gasteiger charge is -2.37. The zero-order chi connectivity index (χ0) is 14.8. The van der Waals surface area contributed by atoms with Gasteiger partial charge < -0.3 is 9.32 Å². The second-order valence-electron chi connectivity index (χ2n) is 5.55. The Kier molecular flexibility index (Phi) is 3.96. The van der Waals surface area contributed by atoms with E-state index in [-0.39, 0.29) is 12.1 Å². The summed E-state index contributed by atoms with van der Waals surface area (Å²) in [6.45, 7) is 4.89. The van der Waals surface area contributed by atoms with Gasteiger partial charge in [-0.3, -0.25) is 5.32 Å². The van der Waals surface area contributed by atoms with Crippen molar-refractivity contribution in [2.75, 3.05) is 11.9 Å². The van der Waals surface area contributed by atoms with Gasteiger partial charge in [0.25, 0.3) is 0 Å². The van der Waals surface area contributed by atoms with Crippen molar-refractivity contribution < 1.29 is 9.21 Å². The second-order valence-corrected chi connectivity index (χ2v) is 6.45. The summed E-state index contributed by atoms with van der Waals surface area (Å²) < 4.78 is 5.75. The van der Waals surface area contributed by atoms with Gasteiger partial charge >= 0.3 is 6.03 Å². The number of aryl methyl sites for hydroxylation is 1. The zero-order valence-corrected chi connectivity index (χ0v) is 13.0. The molecule has 0 aliphatic carbocycles. The third kappa shape index (κ3) is 3.10. The Balaban J connectivity index is 1.79. The van der Waals surface area contributed by atoms with E-state index in [2.05, 4.69) is 17.2 Å². The number of hydrogen-bond donors (Lipinski definition) is 1. The summed E-state index contributed by atoms with van der Waals surface area (Å²) in [5.74, 6) is 2.33. The molecule has 0 saturated carbocycles. The van der Waals surface area contributed by atoms with Gasteiger partial charge in [-0.25, -0.2) is 9.78 Å². The number of carbonyl (C=O) groups excluding carboxylic acids is 1. The Labute approximate surface area is 128 Å². The molecular weight excluding hydrogens is 286 g/mol. The topological polar surface area (TPSA) is 58.4 Å². The molecule has 1 fully saturated rings. The van der Waals surface area contributed by atoms with E-state index in [1.54, 1.807) is 6.20 Å². The van der Waals surface area contributed by atoms with Gasteiger partial charge in [-0.1, -0.05) is 6.92 Å². The lowest BCUT2D eigenvalue weighted by Crippen LogP contribution is -2.42. The van der Waals surface area contributed by atoms with Crippen molar-refractivity contribution in [3.63, 3.8) is 0 Å². The largest absolute Gasteiger partial charge is 0.464 e. The Morgan fingerprint density at radius 2 is 2.38 bits per heavy atom. The van der Waals surface area contributed by atoms with Gasteiger partial charge in [0.05, 0.1) is 6.04 Å². The van der Waals surface area contributed by atoms with Gasteiger partial charge in [-0.05, 0) is 37.8 Å². The minimum absolute atomic E-state index is 0.00223. The molecule has 1 saturated heterocycles. The lowest BCUT2D eigenvalue weighted by molar-refractivity contribution is 0.128. The van der Waals surface area contributed by atoms with Gasteiger partial charge in [0, 0.05) is 18.1 Å². The second kappa shape index (κ2) is 5.89. The number of nitrogens with one attached hydrogen (secondary N) is 1. The van der Waals surface area contributed by atoms with Crippen molar-refractivity contribution >= 4 is 22.5 Å². The monoisotopic (exact) mass is 305 g/mol. The molecule has 0 aromatic carbocycles. The molecule has 3 heterocycles. The fourth-order valence-electron chi connectivity index (χ4n) is 2.74. The SMILES string of the molecule is Cc1ccc([C@H]2C[C@H](C)CCN2C(=O)Nc2nccs2)o1. The third-order valence-corrected chi connectivity index (χ3v) is 4.55. The maximum Gasteiger partial charge on any atom is 0.324 e. The summed E-state index contributed by atoms with van der Waals surface area (Å²) in [4.78, 5) is 18.5. The molecule has 112 valence electrons. The molecule has 0 spiro atoms. The van der Waals surface area contributed by atoms with Crippen molar-refractivity contribution in [1.82, 2.24) is 9.88 Å². The molecule has 2 aromatic heterocycles.